The molecule has 0 aliphatic heterocycles. The van der Waals surface area contributed by atoms with Crippen molar-refractivity contribution < 1.29 is 14.7 Å². The fraction of sp³-hybridized carbons (Fsp3) is 0.125. The maximum absolute atomic E-state index is 12.1. The van der Waals surface area contributed by atoms with Gasteiger partial charge in [-0.2, -0.15) is 0 Å². The summed E-state index contributed by atoms with van der Waals surface area (Å²) in [5.41, 5.74) is 3.39. The van der Waals surface area contributed by atoms with E-state index in [1.54, 1.807) is 12.1 Å². The molecule has 4 nitrogen and oxygen atoms in total. The Morgan fingerprint density at radius 2 is 1.45 bits per heavy atom. The van der Waals surface area contributed by atoms with E-state index in [4.69, 9.17) is 5.11 Å². The highest BCUT2D eigenvalue weighted by molar-refractivity contribution is 6.04. The Balaban J connectivity index is 2.16. The van der Waals surface area contributed by atoms with Gasteiger partial charge in [-0.15, -0.1) is 0 Å². The predicted molar refractivity (Wildman–Crippen MR) is 77.3 cm³/mol. The van der Waals surface area contributed by atoms with Crippen molar-refractivity contribution >= 4 is 17.6 Å². The Morgan fingerprint density at radius 1 is 0.900 bits per heavy atom. The summed E-state index contributed by atoms with van der Waals surface area (Å²) in [7, 11) is 0. The van der Waals surface area contributed by atoms with Crippen LogP contribution < -0.4 is 5.32 Å². The second-order valence-corrected chi connectivity index (χ2v) is 4.71. The van der Waals surface area contributed by atoms with E-state index in [2.05, 4.69) is 5.32 Å². The zero-order chi connectivity index (χ0) is 14.7. The minimum atomic E-state index is -0.989. The summed E-state index contributed by atoms with van der Waals surface area (Å²) >= 11 is 0. The molecule has 0 saturated heterocycles. The number of nitrogens with one attached hydrogen (secondary N) is 1. The van der Waals surface area contributed by atoms with Crippen LogP contribution in [0.5, 0.6) is 0 Å². The number of benzene rings is 2. The molecule has 0 fully saturated rings. The van der Waals surface area contributed by atoms with Crippen LogP contribution in [0.15, 0.2) is 42.5 Å². The Kier molecular flexibility index (Phi) is 3.84. The number of carbonyl (C=O) groups excluding carboxylic acids is 1. The van der Waals surface area contributed by atoms with Crippen molar-refractivity contribution in [1.82, 2.24) is 0 Å². The smallest absolute Gasteiger partial charge is 0.335 e. The van der Waals surface area contributed by atoms with Gasteiger partial charge in [0.05, 0.1) is 5.56 Å². The SMILES string of the molecule is Cc1cc(C)cc(C(=O)Nc2ccc(C(=O)O)cc2)c1. The minimum absolute atomic E-state index is 0.189. The van der Waals surface area contributed by atoms with Gasteiger partial charge < -0.3 is 10.4 Å². The van der Waals surface area contributed by atoms with Crippen molar-refractivity contribution in [1.29, 1.82) is 0 Å². The van der Waals surface area contributed by atoms with E-state index in [0.29, 0.717) is 11.3 Å². The van der Waals surface area contributed by atoms with Crippen LogP contribution in [0.4, 0.5) is 5.69 Å². The van der Waals surface area contributed by atoms with Crippen LogP contribution in [0.25, 0.3) is 0 Å². The highest BCUT2D eigenvalue weighted by atomic mass is 16.4. The van der Waals surface area contributed by atoms with Crippen LogP contribution in [-0.2, 0) is 0 Å². The van der Waals surface area contributed by atoms with Gasteiger partial charge in [-0.3, -0.25) is 4.79 Å². The third-order valence-electron chi connectivity index (χ3n) is 2.87. The summed E-state index contributed by atoms with van der Waals surface area (Å²) in [4.78, 5) is 22.9. The van der Waals surface area contributed by atoms with Gasteiger partial charge in [-0.25, -0.2) is 4.79 Å². The zero-order valence-electron chi connectivity index (χ0n) is 11.3. The fourth-order valence-corrected chi connectivity index (χ4v) is 2.01. The van der Waals surface area contributed by atoms with Crippen molar-refractivity contribution in [2.45, 2.75) is 13.8 Å². The molecule has 0 aromatic heterocycles. The largest absolute Gasteiger partial charge is 0.478 e. The number of hydrogen-bond acceptors (Lipinski definition) is 2. The van der Waals surface area contributed by atoms with E-state index in [0.717, 1.165) is 11.1 Å². The molecule has 0 radical (unpaired) electrons. The molecule has 2 aromatic carbocycles. The normalized spacial score (nSPS) is 10.1. The molecule has 0 spiro atoms. The molecule has 1 amide bonds. The molecule has 0 atom stereocenters. The van der Waals surface area contributed by atoms with Crippen molar-refractivity contribution in [3.63, 3.8) is 0 Å². The molecule has 0 aliphatic rings. The van der Waals surface area contributed by atoms with Gasteiger partial charge in [-0.1, -0.05) is 17.2 Å². The summed E-state index contributed by atoms with van der Waals surface area (Å²) < 4.78 is 0. The second kappa shape index (κ2) is 5.57. The quantitative estimate of drug-likeness (QED) is 0.898. The number of aromatic carboxylic acids is 1. The molecule has 2 N–H and O–H groups in total. The monoisotopic (exact) mass is 269 g/mol. The number of aryl methyl sites for hydroxylation is 2. The first kappa shape index (κ1) is 13.8. The van der Waals surface area contributed by atoms with E-state index < -0.39 is 5.97 Å². The number of amides is 1. The van der Waals surface area contributed by atoms with Crippen LogP contribution in [0.1, 0.15) is 31.8 Å². The summed E-state index contributed by atoms with van der Waals surface area (Å²) in [6.07, 6.45) is 0. The number of hydrogen-bond donors (Lipinski definition) is 2. The molecule has 4 heteroatoms. The van der Waals surface area contributed by atoms with E-state index in [9.17, 15) is 9.59 Å². The van der Waals surface area contributed by atoms with E-state index in [1.165, 1.54) is 12.1 Å². The van der Waals surface area contributed by atoms with Gasteiger partial charge in [0, 0.05) is 11.3 Å². The number of carboxylic acids is 1. The van der Waals surface area contributed by atoms with Gasteiger partial charge >= 0.3 is 5.97 Å². The number of carboxylic acid groups (broad SMARTS) is 1. The van der Waals surface area contributed by atoms with E-state index in [-0.39, 0.29) is 11.5 Å². The Hall–Kier alpha value is -2.62. The third kappa shape index (κ3) is 3.23. The Morgan fingerprint density at radius 3 is 1.95 bits per heavy atom. The number of rotatable bonds is 3. The lowest BCUT2D eigenvalue weighted by molar-refractivity contribution is 0.0696. The first-order valence-corrected chi connectivity index (χ1v) is 6.19. The zero-order valence-corrected chi connectivity index (χ0v) is 11.3. The van der Waals surface area contributed by atoms with Gasteiger partial charge in [0.15, 0.2) is 0 Å². The summed E-state index contributed by atoms with van der Waals surface area (Å²) in [6.45, 7) is 3.87. The maximum atomic E-state index is 12.1. The molecule has 2 aromatic rings. The van der Waals surface area contributed by atoms with Crippen LogP contribution >= 0.6 is 0 Å². The fourth-order valence-electron chi connectivity index (χ4n) is 2.01. The molecule has 2 rings (SSSR count). The van der Waals surface area contributed by atoms with Gasteiger partial charge in [-0.05, 0) is 50.2 Å². The lowest BCUT2D eigenvalue weighted by atomic mass is 10.1. The molecular formula is C16H15NO3. The third-order valence-corrected chi connectivity index (χ3v) is 2.87. The van der Waals surface area contributed by atoms with Crippen LogP contribution in [0.3, 0.4) is 0 Å². The highest BCUT2D eigenvalue weighted by Gasteiger charge is 2.08. The van der Waals surface area contributed by atoms with Crippen LogP contribution in [0.2, 0.25) is 0 Å². The summed E-state index contributed by atoms with van der Waals surface area (Å²) in [5.74, 6) is -1.20. The van der Waals surface area contributed by atoms with Gasteiger partial charge in [0.1, 0.15) is 0 Å². The van der Waals surface area contributed by atoms with E-state index >= 15 is 0 Å². The first-order valence-electron chi connectivity index (χ1n) is 6.19. The van der Waals surface area contributed by atoms with Crippen molar-refractivity contribution in [3.8, 4) is 0 Å². The lowest BCUT2D eigenvalue weighted by Gasteiger charge is -2.07. The average molecular weight is 269 g/mol. The molecule has 0 unspecified atom stereocenters. The second-order valence-electron chi connectivity index (χ2n) is 4.71. The molecule has 0 heterocycles. The molecule has 0 saturated carbocycles. The van der Waals surface area contributed by atoms with E-state index in [1.807, 2.05) is 32.0 Å². The molecule has 0 aliphatic carbocycles. The van der Waals surface area contributed by atoms with Gasteiger partial charge in [0.2, 0.25) is 0 Å². The molecule has 0 bridgehead atoms. The Bertz CT molecular complexity index is 640. The van der Waals surface area contributed by atoms with Crippen LogP contribution in [-0.4, -0.2) is 17.0 Å². The van der Waals surface area contributed by atoms with Crippen molar-refractivity contribution in [2.24, 2.45) is 0 Å². The molecular weight excluding hydrogens is 254 g/mol. The van der Waals surface area contributed by atoms with Gasteiger partial charge in [0.25, 0.3) is 5.91 Å². The minimum Gasteiger partial charge on any atom is -0.478 e. The summed E-state index contributed by atoms with van der Waals surface area (Å²) in [5, 5.41) is 11.6. The lowest BCUT2D eigenvalue weighted by Crippen LogP contribution is -2.12. The standard InChI is InChI=1S/C16H15NO3/c1-10-7-11(2)9-13(8-10)15(18)17-14-5-3-12(4-6-14)16(19)20/h3-9H,1-2H3,(H,17,18)(H,19,20). The first-order chi connectivity index (χ1) is 9.45. The molecule has 102 valence electrons. The number of carbonyl (C=O) groups is 2. The van der Waals surface area contributed by atoms with Crippen molar-refractivity contribution in [3.05, 3.63) is 64.7 Å². The molecule has 20 heavy (non-hydrogen) atoms. The highest BCUT2D eigenvalue weighted by Crippen LogP contribution is 2.13. The summed E-state index contributed by atoms with van der Waals surface area (Å²) in [6, 6.07) is 11.7. The topological polar surface area (TPSA) is 66.4 Å². The number of anilines is 1. The maximum Gasteiger partial charge on any atom is 0.335 e. The van der Waals surface area contributed by atoms with Crippen LogP contribution in [0, 0.1) is 13.8 Å². The average Bonchev–Trinajstić information content (AvgIpc) is 2.38. The Labute approximate surface area is 117 Å². The predicted octanol–water partition coefficient (Wildman–Crippen LogP) is 3.25. The van der Waals surface area contributed by atoms with Crippen molar-refractivity contribution in [2.75, 3.05) is 5.32 Å².